The summed E-state index contributed by atoms with van der Waals surface area (Å²) in [5, 5.41) is 0. The summed E-state index contributed by atoms with van der Waals surface area (Å²) >= 11 is 0. The van der Waals surface area contributed by atoms with E-state index in [1.165, 1.54) is 5.56 Å². The minimum Gasteiger partial charge on any atom is -0.781 e. The molecule has 0 aromatic heterocycles. The number of hydrogen-bond acceptors (Lipinski definition) is 6. The molecule has 2 rings (SSSR count). The molecule has 6 nitrogen and oxygen atoms in total. The number of hydrogen-bond donors (Lipinski definition) is 0. The molecule has 0 aliphatic rings. The first-order valence-corrected chi connectivity index (χ1v) is 10.4. The van der Waals surface area contributed by atoms with Crippen LogP contribution in [-0.4, -0.2) is 18.4 Å². The number of rotatable bonds is 8. The van der Waals surface area contributed by atoms with E-state index < -0.39 is 23.8 Å². The Bertz CT molecular complexity index is 826. The minimum absolute atomic E-state index is 0. The van der Waals surface area contributed by atoms with Gasteiger partial charge in [-0.1, -0.05) is 54.1 Å². The van der Waals surface area contributed by atoms with Gasteiger partial charge < -0.3 is 18.5 Å². The second-order valence-corrected chi connectivity index (χ2v) is 7.99. The van der Waals surface area contributed by atoms with E-state index in [2.05, 4.69) is 4.52 Å². The third kappa shape index (κ3) is 10.6. The van der Waals surface area contributed by atoms with Crippen LogP contribution in [0.3, 0.4) is 0 Å². The topological polar surface area (TPSA) is 107 Å². The van der Waals surface area contributed by atoms with E-state index in [1.54, 1.807) is 0 Å². The summed E-state index contributed by atoms with van der Waals surface area (Å²) in [4.78, 5) is 10.5. The van der Waals surface area contributed by atoms with Crippen LogP contribution < -0.4 is 108 Å². The van der Waals surface area contributed by atoms with Gasteiger partial charge >= 0.3 is 103 Å². The minimum atomic E-state index is -4.81. The van der Waals surface area contributed by atoms with Crippen molar-refractivity contribution in [3.8, 4) is 11.1 Å². The number of aryl methyl sites for hydroxylation is 2. The molecule has 0 radical (unpaired) electrons. The molecule has 0 heterocycles. The van der Waals surface area contributed by atoms with Crippen molar-refractivity contribution < 1.29 is 130 Å². The SMILES string of the molecule is Cc1ccc(-c2ccc(CCCC(O[PH](=O)[O-])S(=O)(=O)[O-])cc2)cc1.[K+].[K+]. The Morgan fingerprint density at radius 3 is 1.93 bits per heavy atom. The molecule has 0 fully saturated rings. The first kappa shape index (κ1) is 28.8. The third-order valence-corrected chi connectivity index (χ3v) is 5.42. The van der Waals surface area contributed by atoms with Crippen LogP contribution >= 0.6 is 8.25 Å². The molecule has 2 aromatic carbocycles. The summed E-state index contributed by atoms with van der Waals surface area (Å²) in [6, 6.07) is 15.9. The molecule has 0 saturated heterocycles. The molecule has 0 N–H and O–H groups in total. The summed E-state index contributed by atoms with van der Waals surface area (Å²) in [5.74, 6) is 0. The van der Waals surface area contributed by atoms with Crippen LogP contribution in [-0.2, 0) is 25.6 Å². The molecule has 2 unspecified atom stereocenters. The van der Waals surface area contributed by atoms with Crippen LogP contribution in [0.1, 0.15) is 24.0 Å². The van der Waals surface area contributed by atoms with E-state index in [0.717, 1.165) is 16.7 Å². The molecule has 0 spiro atoms. The monoisotopic (exact) mass is 460 g/mol. The van der Waals surface area contributed by atoms with Crippen molar-refractivity contribution in [1.82, 2.24) is 0 Å². The van der Waals surface area contributed by atoms with E-state index in [9.17, 15) is 22.4 Å². The van der Waals surface area contributed by atoms with Gasteiger partial charge in [-0.05, 0) is 42.9 Å². The molecule has 0 saturated carbocycles. The zero-order valence-electron chi connectivity index (χ0n) is 15.7. The van der Waals surface area contributed by atoms with E-state index >= 15 is 0 Å². The van der Waals surface area contributed by atoms with E-state index in [1.807, 2.05) is 55.5 Å². The fourth-order valence-corrected chi connectivity index (χ4v) is 3.95. The quantitative estimate of drug-likeness (QED) is 0.231. The molecule has 2 atom stereocenters. The largest absolute Gasteiger partial charge is 1.00 e. The van der Waals surface area contributed by atoms with E-state index in [-0.39, 0.29) is 109 Å². The zero-order chi connectivity index (χ0) is 18.4. The summed E-state index contributed by atoms with van der Waals surface area (Å²) in [5.41, 5.74) is 2.47. The van der Waals surface area contributed by atoms with Crippen LogP contribution in [0.5, 0.6) is 0 Å². The predicted molar refractivity (Wildman–Crippen MR) is 93.1 cm³/mol. The molecule has 0 aliphatic carbocycles. The Labute approximate surface area is 246 Å². The van der Waals surface area contributed by atoms with Crippen LogP contribution in [0.25, 0.3) is 11.1 Å². The van der Waals surface area contributed by atoms with Crippen LogP contribution in [0.2, 0.25) is 0 Å². The first-order valence-electron chi connectivity index (χ1n) is 7.74. The van der Waals surface area contributed by atoms with Gasteiger partial charge in [0.05, 0.1) is 0 Å². The second kappa shape index (κ2) is 14.0. The van der Waals surface area contributed by atoms with Gasteiger partial charge in [-0.25, -0.2) is 8.42 Å². The third-order valence-electron chi connectivity index (χ3n) is 3.79. The Morgan fingerprint density at radius 2 is 1.48 bits per heavy atom. The summed E-state index contributed by atoms with van der Waals surface area (Å²) in [7, 11) is -8.54. The fourth-order valence-electron chi connectivity index (χ4n) is 2.45. The van der Waals surface area contributed by atoms with E-state index in [4.69, 9.17) is 0 Å². The smallest absolute Gasteiger partial charge is 0.781 e. The molecule has 2 aromatic rings. The maximum Gasteiger partial charge on any atom is 1.00 e. The molecule has 10 heteroatoms. The molecule has 136 valence electrons. The Morgan fingerprint density at radius 1 is 1.00 bits per heavy atom. The summed E-state index contributed by atoms with van der Waals surface area (Å²) in [6.07, 6.45) is 0.679. The fraction of sp³-hybridized carbons (Fsp3) is 0.294. The molecule has 0 bridgehead atoms. The van der Waals surface area contributed by atoms with Crippen molar-refractivity contribution in [3.05, 3.63) is 59.7 Å². The molecule has 27 heavy (non-hydrogen) atoms. The van der Waals surface area contributed by atoms with Gasteiger partial charge in [0.15, 0.2) is 5.44 Å². The summed E-state index contributed by atoms with van der Waals surface area (Å²) < 4.78 is 47.7. The normalized spacial score (nSPS) is 13.1. The van der Waals surface area contributed by atoms with Crippen molar-refractivity contribution in [2.24, 2.45) is 0 Å². The second-order valence-electron chi connectivity index (χ2n) is 5.75. The van der Waals surface area contributed by atoms with Crippen LogP contribution in [0.4, 0.5) is 0 Å². The Kier molecular flexibility index (Phi) is 14.9. The average Bonchev–Trinajstić information content (AvgIpc) is 2.54. The van der Waals surface area contributed by atoms with Gasteiger partial charge in [-0.2, -0.15) is 0 Å². The Hall–Kier alpha value is 1.77. The zero-order valence-corrected chi connectivity index (χ0v) is 23.7. The molecule has 0 amide bonds. The predicted octanol–water partition coefficient (Wildman–Crippen LogP) is -3.37. The van der Waals surface area contributed by atoms with Gasteiger partial charge in [0.2, 0.25) is 0 Å². The molecule has 0 aliphatic heterocycles. The van der Waals surface area contributed by atoms with Crippen molar-refractivity contribution in [2.45, 2.75) is 31.6 Å². The average molecular weight is 461 g/mol. The Balaban J connectivity index is 0.00000338. The first-order chi connectivity index (χ1) is 11.8. The van der Waals surface area contributed by atoms with Gasteiger partial charge in [-0.3, -0.25) is 0 Å². The van der Waals surface area contributed by atoms with Gasteiger partial charge in [0.1, 0.15) is 18.4 Å². The maximum atomic E-state index is 11.0. The van der Waals surface area contributed by atoms with Crippen LogP contribution in [0, 0.1) is 6.92 Å². The van der Waals surface area contributed by atoms with Gasteiger partial charge in [-0.15, -0.1) is 0 Å². The van der Waals surface area contributed by atoms with Crippen molar-refractivity contribution in [3.63, 3.8) is 0 Å². The standard InChI is InChI=1S/C17H21O6PS.2K/c1-13-5-9-15(10-6-13)16-11-7-14(8-12-16)3-2-4-17(23-24(18)19)25(20,21)22;;/h5-12,17,24H,2-4H2,1H3,(H,18,19)(H,20,21,22);;/q;2*+1/p-2. The van der Waals surface area contributed by atoms with Crippen LogP contribution in [0.15, 0.2) is 48.5 Å². The summed E-state index contributed by atoms with van der Waals surface area (Å²) in [6.45, 7) is 2.02. The van der Waals surface area contributed by atoms with Gasteiger partial charge in [0, 0.05) is 0 Å². The maximum absolute atomic E-state index is 11.0. The van der Waals surface area contributed by atoms with Crippen molar-refractivity contribution in [1.29, 1.82) is 0 Å². The molecular formula is C17H19K2O6PS. The van der Waals surface area contributed by atoms with Crippen molar-refractivity contribution in [2.75, 3.05) is 0 Å². The van der Waals surface area contributed by atoms with Crippen molar-refractivity contribution >= 4 is 18.4 Å². The van der Waals surface area contributed by atoms with E-state index in [0.29, 0.717) is 12.8 Å². The molecular weight excluding hydrogens is 441 g/mol. The van der Waals surface area contributed by atoms with Gasteiger partial charge in [0.25, 0.3) is 0 Å². The number of benzene rings is 2.